The molecule has 0 spiro atoms. The molecule has 4 rings (SSSR count). The molecule has 3 heteroatoms. The third kappa shape index (κ3) is 6.88. The first-order valence-electron chi connectivity index (χ1n) is 12.0. The van der Waals surface area contributed by atoms with Crippen molar-refractivity contribution in [1.82, 2.24) is 9.80 Å². The molecular weight excluding hydrogens is 416 g/mol. The van der Waals surface area contributed by atoms with Crippen LogP contribution in [0, 0.1) is 0 Å². The maximum atomic E-state index is 11.2. The Hall–Kier alpha value is -3.24. The van der Waals surface area contributed by atoms with E-state index >= 15 is 0 Å². The van der Waals surface area contributed by atoms with Gasteiger partial charge in [-0.3, -0.25) is 9.80 Å². The number of benzene rings is 4. The van der Waals surface area contributed by atoms with E-state index in [9.17, 15) is 5.11 Å². The number of nitrogens with zero attached hydrogens (tertiary/aromatic N) is 2. The molecule has 0 fully saturated rings. The predicted octanol–water partition coefficient (Wildman–Crippen LogP) is 6.10. The van der Waals surface area contributed by atoms with Gasteiger partial charge in [0.25, 0.3) is 0 Å². The lowest BCUT2D eigenvalue weighted by atomic mass is 10.1. The van der Waals surface area contributed by atoms with Crippen molar-refractivity contribution in [3.63, 3.8) is 0 Å². The Morgan fingerprint density at radius 3 is 0.912 bits per heavy atom. The average molecular weight is 451 g/mol. The molecule has 174 valence electrons. The second-order valence-electron chi connectivity index (χ2n) is 8.91. The van der Waals surface area contributed by atoms with E-state index in [0.717, 1.165) is 26.2 Å². The second kappa shape index (κ2) is 12.3. The van der Waals surface area contributed by atoms with E-state index in [4.69, 9.17) is 0 Å². The fourth-order valence-electron chi connectivity index (χ4n) is 4.60. The minimum atomic E-state index is -0.542. The van der Waals surface area contributed by atoms with Crippen molar-refractivity contribution in [3.8, 4) is 0 Å². The molecule has 0 radical (unpaired) electrons. The number of aliphatic hydroxyl groups excluding tert-OH is 1. The summed E-state index contributed by atoms with van der Waals surface area (Å²) < 4.78 is 0. The summed E-state index contributed by atoms with van der Waals surface area (Å²) in [5.41, 5.74) is 4.96. The minimum absolute atomic E-state index is 0.166. The van der Waals surface area contributed by atoms with Gasteiger partial charge in [0.15, 0.2) is 0 Å². The Morgan fingerprint density at radius 2 is 0.706 bits per heavy atom. The molecule has 0 aromatic heterocycles. The molecule has 1 unspecified atom stereocenters. The van der Waals surface area contributed by atoms with Gasteiger partial charge >= 0.3 is 0 Å². The Bertz CT molecular complexity index is 915. The van der Waals surface area contributed by atoms with Crippen LogP contribution in [0.25, 0.3) is 0 Å². The predicted molar refractivity (Wildman–Crippen MR) is 140 cm³/mol. The van der Waals surface area contributed by atoms with Gasteiger partial charge in [-0.2, -0.15) is 0 Å². The van der Waals surface area contributed by atoms with Crippen molar-refractivity contribution in [2.24, 2.45) is 0 Å². The molecule has 0 heterocycles. The molecule has 0 saturated heterocycles. The summed E-state index contributed by atoms with van der Waals surface area (Å²) in [6, 6.07) is 42.2. The van der Waals surface area contributed by atoms with Gasteiger partial charge in [-0.1, -0.05) is 121 Å². The highest BCUT2D eigenvalue weighted by molar-refractivity contribution is 5.20. The molecular formula is C31H34N2O. The average Bonchev–Trinajstić information content (AvgIpc) is 2.86. The summed E-state index contributed by atoms with van der Waals surface area (Å²) in [5, 5.41) is 11.2. The zero-order chi connectivity index (χ0) is 23.6. The Labute approximate surface area is 203 Å². The zero-order valence-electron chi connectivity index (χ0n) is 19.9. The van der Waals surface area contributed by atoms with Gasteiger partial charge in [0.05, 0.1) is 12.3 Å². The first kappa shape index (κ1) is 23.9. The lowest BCUT2D eigenvalue weighted by Gasteiger charge is -2.42. The van der Waals surface area contributed by atoms with Gasteiger partial charge in [-0.15, -0.1) is 0 Å². The maximum absolute atomic E-state index is 11.2. The lowest BCUT2D eigenvalue weighted by Crippen LogP contribution is -2.53. The molecule has 4 aromatic carbocycles. The van der Waals surface area contributed by atoms with E-state index in [2.05, 4.69) is 107 Å². The van der Waals surface area contributed by atoms with Crippen molar-refractivity contribution >= 4 is 0 Å². The van der Waals surface area contributed by atoms with Crippen LogP contribution in [0.3, 0.4) is 0 Å². The van der Waals surface area contributed by atoms with Gasteiger partial charge in [0.1, 0.15) is 0 Å². The largest absolute Gasteiger partial charge is 0.390 e. The first-order valence-corrected chi connectivity index (χ1v) is 12.0. The van der Waals surface area contributed by atoms with Crippen LogP contribution in [0.5, 0.6) is 0 Å². The minimum Gasteiger partial charge on any atom is -0.390 e. The van der Waals surface area contributed by atoms with Crippen LogP contribution in [-0.4, -0.2) is 27.2 Å². The van der Waals surface area contributed by atoms with E-state index in [0.29, 0.717) is 0 Å². The normalized spacial score (nSPS) is 12.4. The highest BCUT2D eigenvalue weighted by Crippen LogP contribution is 2.23. The topological polar surface area (TPSA) is 26.7 Å². The van der Waals surface area contributed by atoms with Crippen LogP contribution >= 0.6 is 0 Å². The molecule has 0 bridgehead atoms. The third-order valence-electron chi connectivity index (χ3n) is 6.09. The Morgan fingerprint density at radius 1 is 0.471 bits per heavy atom. The first-order chi connectivity index (χ1) is 16.7. The van der Waals surface area contributed by atoms with Crippen LogP contribution in [0.1, 0.15) is 29.2 Å². The van der Waals surface area contributed by atoms with E-state index < -0.39 is 6.10 Å². The summed E-state index contributed by atoms with van der Waals surface area (Å²) in [6.45, 7) is 4.93. The van der Waals surface area contributed by atoms with Gasteiger partial charge in [0, 0.05) is 26.2 Å². The summed E-state index contributed by atoms with van der Waals surface area (Å²) in [4.78, 5) is 4.81. The maximum Gasteiger partial charge on any atom is 0.0899 e. The molecule has 0 saturated carbocycles. The second-order valence-corrected chi connectivity index (χ2v) is 8.91. The zero-order valence-corrected chi connectivity index (χ0v) is 19.9. The Balaban J connectivity index is 1.70. The molecule has 3 nitrogen and oxygen atoms in total. The summed E-state index contributed by atoms with van der Waals surface area (Å²) in [7, 11) is 0. The van der Waals surface area contributed by atoms with E-state index in [-0.39, 0.29) is 6.17 Å². The van der Waals surface area contributed by atoms with Crippen molar-refractivity contribution in [3.05, 3.63) is 144 Å². The van der Waals surface area contributed by atoms with Crippen LogP contribution in [0.4, 0.5) is 0 Å². The van der Waals surface area contributed by atoms with Gasteiger partial charge in [-0.05, 0) is 29.2 Å². The van der Waals surface area contributed by atoms with E-state index in [1.54, 1.807) is 0 Å². The molecule has 1 atom stereocenters. The molecule has 0 amide bonds. The molecule has 0 aliphatic heterocycles. The van der Waals surface area contributed by atoms with Crippen LogP contribution in [0.2, 0.25) is 0 Å². The van der Waals surface area contributed by atoms with Crippen molar-refractivity contribution in [2.75, 3.05) is 0 Å². The number of hydrogen-bond donors (Lipinski definition) is 1. The fraction of sp³-hybridized carbons (Fsp3) is 0.226. The van der Waals surface area contributed by atoms with Crippen molar-refractivity contribution < 1.29 is 5.11 Å². The summed E-state index contributed by atoms with van der Waals surface area (Å²) in [5.74, 6) is 0. The van der Waals surface area contributed by atoms with E-state index in [1.165, 1.54) is 22.3 Å². The van der Waals surface area contributed by atoms with Crippen LogP contribution < -0.4 is 0 Å². The molecule has 0 aliphatic carbocycles. The standard InChI is InChI=1S/C31H34N2O/c1-26(34)31(32(22-27-14-6-2-7-15-27)23-28-16-8-3-9-17-28)33(24-29-18-10-4-11-19-29)25-30-20-12-5-13-21-30/h2-21,26,31,34H,22-25H2,1H3. The molecule has 34 heavy (non-hydrogen) atoms. The van der Waals surface area contributed by atoms with Crippen molar-refractivity contribution in [2.45, 2.75) is 45.4 Å². The van der Waals surface area contributed by atoms with Crippen LogP contribution in [0.15, 0.2) is 121 Å². The molecule has 0 aliphatic rings. The van der Waals surface area contributed by atoms with Gasteiger partial charge in [-0.25, -0.2) is 0 Å². The monoisotopic (exact) mass is 450 g/mol. The number of rotatable bonds is 11. The smallest absolute Gasteiger partial charge is 0.0899 e. The quantitative estimate of drug-likeness (QED) is 0.280. The molecule has 1 N–H and O–H groups in total. The highest BCUT2D eigenvalue weighted by atomic mass is 16.3. The number of hydrogen-bond acceptors (Lipinski definition) is 3. The SMILES string of the molecule is CC(O)C(N(Cc1ccccc1)Cc1ccccc1)N(Cc1ccccc1)Cc1ccccc1. The summed E-state index contributed by atoms with van der Waals surface area (Å²) in [6.07, 6.45) is -0.708. The van der Waals surface area contributed by atoms with Crippen molar-refractivity contribution in [1.29, 1.82) is 0 Å². The molecule has 4 aromatic rings. The van der Waals surface area contributed by atoms with Crippen LogP contribution in [-0.2, 0) is 26.2 Å². The van der Waals surface area contributed by atoms with Gasteiger partial charge < -0.3 is 5.11 Å². The third-order valence-corrected chi connectivity index (χ3v) is 6.09. The lowest BCUT2D eigenvalue weighted by molar-refractivity contribution is -0.0572. The highest BCUT2D eigenvalue weighted by Gasteiger charge is 2.30. The van der Waals surface area contributed by atoms with Gasteiger partial charge in [0.2, 0.25) is 0 Å². The Kier molecular flexibility index (Phi) is 8.64. The fourth-order valence-corrected chi connectivity index (χ4v) is 4.60. The number of aliphatic hydroxyl groups is 1. The summed E-state index contributed by atoms with van der Waals surface area (Å²) >= 11 is 0. The van der Waals surface area contributed by atoms with E-state index in [1.807, 2.05) is 31.2 Å².